The molecule has 0 fully saturated rings. The number of pyridine rings is 1. The van der Waals surface area contributed by atoms with Gasteiger partial charge < -0.3 is 5.32 Å². The summed E-state index contributed by atoms with van der Waals surface area (Å²) in [5.41, 5.74) is 0.246. The van der Waals surface area contributed by atoms with E-state index in [1.807, 2.05) is 12.1 Å². The van der Waals surface area contributed by atoms with Gasteiger partial charge >= 0.3 is 12.2 Å². The number of hydrogen-bond acceptors (Lipinski definition) is 2. The number of amides is 1. The van der Waals surface area contributed by atoms with Gasteiger partial charge in [-0.05, 0) is 35.9 Å². The molecule has 4 nitrogen and oxygen atoms in total. The summed E-state index contributed by atoms with van der Waals surface area (Å²) in [7, 11) is 0. The summed E-state index contributed by atoms with van der Waals surface area (Å²) in [4.78, 5) is 16.4. The molecule has 0 radical (unpaired) electrons. The number of rotatable bonds is 2. The van der Waals surface area contributed by atoms with Gasteiger partial charge in [0.05, 0.1) is 11.1 Å². The Bertz CT molecular complexity index is 1150. The zero-order valence-electron chi connectivity index (χ0n) is 14.4. The van der Waals surface area contributed by atoms with Crippen molar-refractivity contribution in [3.63, 3.8) is 0 Å². The normalized spacial score (nSPS) is 11.5. The Labute approximate surface area is 158 Å². The first-order valence-electron chi connectivity index (χ1n) is 8.42. The van der Waals surface area contributed by atoms with Crippen LogP contribution in [0.4, 0.5) is 23.7 Å². The van der Waals surface area contributed by atoms with E-state index < -0.39 is 17.8 Å². The van der Waals surface area contributed by atoms with Crippen LogP contribution in [0.3, 0.4) is 0 Å². The number of halogens is 3. The average molecular weight is 381 g/mol. The van der Waals surface area contributed by atoms with Gasteiger partial charge in [0.1, 0.15) is 0 Å². The third-order valence-electron chi connectivity index (χ3n) is 4.37. The molecular formula is C21H14F3N3O. The molecule has 2 aromatic carbocycles. The van der Waals surface area contributed by atoms with Gasteiger partial charge in [-0.2, -0.15) is 13.2 Å². The molecule has 0 unspecified atom stereocenters. The molecule has 0 saturated carbocycles. The van der Waals surface area contributed by atoms with E-state index in [0.29, 0.717) is 11.1 Å². The third kappa shape index (κ3) is 3.34. The summed E-state index contributed by atoms with van der Waals surface area (Å²) in [5.74, 6) is 0. The minimum absolute atomic E-state index is 0.00464. The number of hydrogen-bond donors (Lipinski definition) is 1. The Morgan fingerprint density at radius 2 is 1.82 bits per heavy atom. The first kappa shape index (κ1) is 17.8. The van der Waals surface area contributed by atoms with Crippen LogP contribution < -0.4 is 5.32 Å². The zero-order valence-corrected chi connectivity index (χ0v) is 14.4. The lowest BCUT2D eigenvalue weighted by Crippen LogP contribution is -2.19. The fourth-order valence-electron chi connectivity index (χ4n) is 3.07. The Hall–Kier alpha value is -3.61. The van der Waals surface area contributed by atoms with E-state index in [2.05, 4.69) is 10.3 Å². The topological polar surface area (TPSA) is 46.9 Å². The molecule has 1 N–H and O–H groups in total. The van der Waals surface area contributed by atoms with E-state index in [9.17, 15) is 18.0 Å². The number of carbonyl (C=O) groups excluding carboxylic acids is 1. The molecular weight excluding hydrogens is 367 g/mol. The van der Waals surface area contributed by atoms with Gasteiger partial charge in [-0.25, -0.2) is 4.79 Å². The van der Waals surface area contributed by atoms with Gasteiger partial charge in [0.2, 0.25) is 0 Å². The van der Waals surface area contributed by atoms with Crippen LogP contribution in [-0.4, -0.2) is 15.6 Å². The molecule has 0 atom stereocenters. The van der Waals surface area contributed by atoms with Crippen LogP contribution in [0.25, 0.3) is 22.0 Å². The fraction of sp³-hybridized carbons (Fsp3) is 0.0476. The predicted molar refractivity (Wildman–Crippen MR) is 101 cm³/mol. The molecule has 2 aromatic heterocycles. The molecule has 0 aliphatic heterocycles. The standard InChI is InChI=1S/C21H14F3N3O/c22-21(23,24)18-12-16(7-8-17(18)15-5-3-10-25-13-15)26-20(28)27-11-9-14-4-1-2-6-19(14)27/h1-13H,(H,26,28). The largest absolute Gasteiger partial charge is 0.417 e. The number of fused-ring (bicyclic) bond motifs is 1. The number of carbonyl (C=O) groups is 1. The Morgan fingerprint density at radius 3 is 2.57 bits per heavy atom. The van der Waals surface area contributed by atoms with E-state index in [-0.39, 0.29) is 11.3 Å². The number of nitrogens with zero attached hydrogens (tertiary/aromatic N) is 2. The van der Waals surface area contributed by atoms with Crippen LogP contribution in [0.1, 0.15) is 5.56 Å². The highest BCUT2D eigenvalue weighted by Gasteiger charge is 2.34. The molecule has 4 rings (SSSR count). The molecule has 7 heteroatoms. The number of para-hydroxylation sites is 1. The highest BCUT2D eigenvalue weighted by Crippen LogP contribution is 2.38. The lowest BCUT2D eigenvalue weighted by molar-refractivity contribution is -0.137. The first-order chi connectivity index (χ1) is 13.4. The van der Waals surface area contributed by atoms with Crippen molar-refractivity contribution in [3.8, 4) is 11.1 Å². The predicted octanol–water partition coefficient (Wildman–Crippen LogP) is 5.80. The van der Waals surface area contributed by atoms with Crippen molar-refractivity contribution in [2.45, 2.75) is 6.18 Å². The molecule has 1 amide bonds. The molecule has 0 bridgehead atoms. The second kappa shape index (κ2) is 6.84. The van der Waals surface area contributed by atoms with Crippen molar-refractivity contribution in [2.75, 3.05) is 5.32 Å². The van der Waals surface area contributed by atoms with Crippen LogP contribution in [0.15, 0.2) is 79.3 Å². The smallest absolute Gasteiger partial charge is 0.307 e. The maximum atomic E-state index is 13.6. The fourth-order valence-corrected chi connectivity index (χ4v) is 3.07. The van der Waals surface area contributed by atoms with Crippen molar-refractivity contribution in [1.29, 1.82) is 0 Å². The third-order valence-corrected chi connectivity index (χ3v) is 4.37. The molecule has 2 heterocycles. The van der Waals surface area contributed by atoms with Crippen LogP contribution in [0, 0.1) is 0 Å². The van der Waals surface area contributed by atoms with Crippen molar-refractivity contribution < 1.29 is 18.0 Å². The van der Waals surface area contributed by atoms with E-state index >= 15 is 0 Å². The van der Waals surface area contributed by atoms with Gasteiger partial charge in [-0.1, -0.05) is 30.3 Å². The van der Waals surface area contributed by atoms with Gasteiger partial charge in [-0.3, -0.25) is 9.55 Å². The Balaban J connectivity index is 1.70. The molecule has 0 saturated heterocycles. The van der Waals surface area contributed by atoms with Crippen molar-refractivity contribution in [3.05, 3.63) is 84.8 Å². The summed E-state index contributed by atoms with van der Waals surface area (Å²) < 4.78 is 42.1. The monoisotopic (exact) mass is 381 g/mol. The van der Waals surface area contributed by atoms with E-state index in [1.54, 1.807) is 36.5 Å². The molecule has 140 valence electrons. The first-order valence-corrected chi connectivity index (χ1v) is 8.42. The molecule has 4 aromatic rings. The lowest BCUT2D eigenvalue weighted by Gasteiger charge is -2.15. The highest BCUT2D eigenvalue weighted by atomic mass is 19.4. The SMILES string of the molecule is O=C(Nc1ccc(-c2cccnc2)c(C(F)(F)F)c1)n1ccc2ccccc21. The van der Waals surface area contributed by atoms with Gasteiger partial charge in [0.25, 0.3) is 0 Å². The molecule has 0 aliphatic rings. The van der Waals surface area contributed by atoms with E-state index in [0.717, 1.165) is 11.5 Å². The number of alkyl halides is 3. The zero-order chi connectivity index (χ0) is 19.7. The summed E-state index contributed by atoms with van der Waals surface area (Å²) in [6.45, 7) is 0. The van der Waals surface area contributed by atoms with Crippen LogP contribution in [-0.2, 0) is 6.18 Å². The Morgan fingerprint density at radius 1 is 1.00 bits per heavy atom. The van der Waals surface area contributed by atoms with Crippen molar-refractivity contribution >= 4 is 22.6 Å². The van der Waals surface area contributed by atoms with E-state index in [1.165, 1.54) is 29.1 Å². The second-order valence-corrected chi connectivity index (χ2v) is 6.17. The van der Waals surface area contributed by atoms with Crippen LogP contribution in [0.5, 0.6) is 0 Å². The summed E-state index contributed by atoms with van der Waals surface area (Å²) in [6.07, 6.45) is -0.137. The summed E-state index contributed by atoms with van der Waals surface area (Å²) >= 11 is 0. The minimum atomic E-state index is -4.58. The second-order valence-electron chi connectivity index (χ2n) is 6.17. The Kier molecular flexibility index (Phi) is 4.35. The molecule has 0 aliphatic carbocycles. The lowest BCUT2D eigenvalue weighted by atomic mass is 10.00. The molecule has 0 spiro atoms. The maximum absolute atomic E-state index is 13.6. The summed E-state index contributed by atoms with van der Waals surface area (Å²) in [5, 5.41) is 3.40. The number of aromatic nitrogens is 2. The van der Waals surface area contributed by atoms with Crippen LogP contribution >= 0.6 is 0 Å². The van der Waals surface area contributed by atoms with Crippen LogP contribution in [0.2, 0.25) is 0 Å². The molecule has 28 heavy (non-hydrogen) atoms. The number of benzene rings is 2. The van der Waals surface area contributed by atoms with Gasteiger partial charge in [-0.15, -0.1) is 0 Å². The van der Waals surface area contributed by atoms with Crippen molar-refractivity contribution in [1.82, 2.24) is 9.55 Å². The van der Waals surface area contributed by atoms with E-state index in [4.69, 9.17) is 0 Å². The minimum Gasteiger partial charge on any atom is -0.307 e. The quantitative estimate of drug-likeness (QED) is 0.477. The maximum Gasteiger partial charge on any atom is 0.417 e. The number of anilines is 1. The average Bonchev–Trinajstić information content (AvgIpc) is 3.12. The summed E-state index contributed by atoms with van der Waals surface area (Å²) in [6, 6.07) is 15.3. The highest BCUT2D eigenvalue weighted by molar-refractivity contribution is 5.98. The van der Waals surface area contributed by atoms with Gasteiger partial charge in [0, 0.05) is 35.2 Å². The number of nitrogens with one attached hydrogen (secondary N) is 1. The van der Waals surface area contributed by atoms with Crippen molar-refractivity contribution in [2.24, 2.45) is 0 Å². The van der Waals surface area contributed by atoms with Gasteiger partial charge in [0.15, 0.2) is 0 Å².